The Bertz CT molecular complexity index is 937. The lowest BCUT2D eigenvalue weighted by molar-refractivity contribution is -0.123. The molecular weight excluding hydrogens is 401 g/mol. The lowest BCUT2D eigenvalue weighted by Gasteiger charge is -2.18. The molecule has 2 rings (SSSR count). The van der Waals surface area contributed by atoms with Crippen molar-refractivity contribution in [1.29, 1.82) is 0 Å². The number of hydrogen-bond acceptors (Lipinski definition) is 3. The highest BCUT2D eigenvalue weighted by Gasteiger charge is 2.20. The highest BCUT2D eigenvalue weighted by atomic mass is 32.2. The summed E-state index contributed by atoms with van der Waals surface area (Å²) >= 11 is 1.40. The molecule has 2 N–H and O–H groups in total. The molecule has 0 fully saturated rings. The van der Waals surface area contributed by atoms with Gasteiger partial charge in [-0.1, -0.05) is 6.07 Å². The van der Waals surface area contributed by atoms with E-state index in [4.69, 9.17) is 0 Å². The first-order chi connectivity index (χ1) is 13.5. The third-order valence-electron chi connectivity index (χ3n) is 4.69. The number of anilines is 1. The van der Waals surface area contributed by atoms with Gasteiger partial charge in [0.2, 0.25) is 11.8 Å². The van der Waals surface area contributed by atoms with Crippen LogP contribution in [0.1, 0.15) is 29.2 Å². The summed E-state index contributed by atoms with van der Waals surface area (Å²) < 4.78 is 39.8. The second-order valence-electron chi connectivity index (χ2n) is 6.84. The maximum Gasteiger partial charge on any atom is 0.243 e. The van der Waals surface area contributed by atoms with Gasteiger partial charge in [0.1, 0.15) is 0 Å². The van der Waals surface area contributed by atoms with Crippen molar-refractivity contribution in [2.45, 2.75) is 44.8 Å². The van der Waals surface area contributed by atoms with Gasteiger partial charge in [-0.05, 0) is 69.0 Å². The summed E-state index contributed by atoms with van der Waals surface area (Å²) in [6.07, 6.45) is 0. The molecule has 2 aromatic rings. The maximum absolute atomic E-state index is 13.6. The fourth-order valence-corrected chi connectivity index (χ4v) is 3.94. The van der Waals surface area contributed by atoms with Gasteiger partial charge in [0.05, 0.1) is 17.5 Å². The molecular formula is C21H23F3N2O2S. The molecule has 8 heteroatoms. The quantitative estimate of drug-likeness (QED) is 0.528. The van der Waals surface area contributed by atoms with Gasteiger partial charge in [0.15, 0.2) is 17.5 Å². The van der Waals surface area contributed by atoms with Crippen LogP contribution in [0.2, 0.25) is 0 Å². The van der Waals surface area contributed by atoms with E-state index in [-0.39, 0.29) is 5.91 Å². The zero-order chi connectivity index (χ0) is 21.9. The Kier molecular flexibility index (Phi) is 7.35. The Morgan fingerprint density at radius 1 is 1.00 bits per heavy atom. The Morgan fingerprint density at radius 2 is 1.59 bits per heavy atom. The molecule has 0 heterocycles. The molecule has 0 saturated carbocycles. The normalized spacial score (nSPS) is 11.9. The summed E-state index contributed by atoms with van der Waals surface area (Å²) in [5, 5.41) is 4.12. The van der Waals surface area contributed by atoms with E-state index in [1.54, 1.807) is 6.92 Å². The molecule has 0 unspecified atom stereocenters. The van der Waals surface area contributed by atoms with Crippen LogP contribution in [-0.2, 0) is 9.59 Å². The van der Waals surface area contributed by atoms with Crippen molar-refractivity contribution in [3.8, 4) is 0 Å². The van der Waals surface area contributed by atoms with Crippen molar-refractivity contribution in [2.75, 3.05) is 11.9 Å². The predicted octanol–water partition coefficient (Wildman–Crippen LogP) is 4.57. The third kappa shape index (κ3) is 5.32. The molecule has 1 atom stereocenters. The van der Waals surface area contributed by atoms with E-state index in [0.29, 0.717) is 6.07 Å². The van der Waals surface area contributed by atoms with Crippen LogP contribution in [0.15, 0.2) is 23.1 Å². The average Bonchev–Trinajstić information content (AvgIpc) is 2.68. The molecule has 0 aliphatic rings. The van der Waals surface area contributed by atoms with E-state index >= 15 is 0 Å². The smallest absolute Gasteiger partial charge is 0.243 e. The highest BCUT2D eigenvalue weighted by Crippen LogP contribution is 2.33. The van der Waals surface area contributed by atoms with Crippen LogP contribution in [0.3, 0.4) is 0 Å². The average molecular weight is 424 g/mol. The van der Waals surface area contributed by atoms with E-state index in [1.165, 1.54) is 11.8 Å². The van der Waals surface area contributed by atoms with Crippen molar-refractivity contribution in [1.82, 2.24) is 5.32 Å². The summed E-state index contributed by atoms with van der Waals surface area (Å²) in [6, 6.07) is 3.72. The van der Waals surface area contributed by atoms with Gasteiger partial charge in [0.25, 0.3) is 0 Å². The van der Waals surface area contributed by atoms with Crippen molar-refractivity contribution in [2.24, 2.45) is 0 Å². The molecule has 4 nitrogen and oxygen atoms in total. The van der Waals surface area contributed by atoms with Gasteiger partial charge in [-0.3, -0.25) is 9.59 Å². The van der Waals surface area contributed by atoms with Crippen molar-refractivity contribution in [3.05, 3.63) is 57.9 Å². The van der Waals surface area contributed by atoms with E-state index < -0.39 is 40.8 Å². The lowest BCUT2D eigenvalue weighted by Crippen LogP contribution is -2.37. The summed E-state index contributed by atoms with van der Waals surface area (Å²) in [4.78, 5) is 25.3. The SMILES string of the molecule is Cc1cc(C)c(C)c(S[C@@H](C)C(=O)NCC(=O)Nc2ccc(F)c(F)c2F)c1C. The Labute approximate surface area is 172 Å². The standard InChI is InChI=1S/C21H23F3N2O2S/c1-10-8-11(2)13(4)20(12(10)3)29-14(5)21(28)25-9-17(27)26-16-7-6-15(22)18(23)19(16)24/h6-8,14H,9H2,1-5H3,(H,25,28)(H,26,27)/t14-/m0/s1. The van der Waals surface area contributed by atoms with Gasteiger partial charge in [-0.2, -0.15) is 0 Å². The number of rotatable bonds is 6. The number of amides is 2. The van der Waals surface area contributed by atoms with Crippen LogP contribution >= 0.6 is 11.8 Å². The van der Waals surface area contributed by atoms with E-state index in [1.807, 2.05) is 27.7 Å². The molecule has 2 amide bonds. The van der Waals surface area contributed by atoms with Crippen LogP contribution in [0.4, 0.5) is 18.9 Å². The fraction of sp³-hybridized carbons (Fsp3) is 0.333. The summed E-state index contributed by atoms with van der Waals surface area (Å²) in [5.41, 5.74) is 3.98. The third-order valence-corrected chi connectivity index (χ3v) is 6.11. The molecule has 29 heavy (non-hydrogen) atoms. The van der Waals surface area contributed by atoms with Crippen molar-refractivity contribution in [3.63, 3.8) is 0 Å². The van der Waals surface area contributed by atoms with Crippen molar-refractivity contribution >= 4 is 29.3 Å². The minimum atomic E-state index is -1.67. The van der Waals surface area contributed by atoms with Gasteiger partial charge in [-0.15, -0.1) is 11.8 Å². The second kappa shape index (κ2) is 9.35. The number of carbonyl (C=O) groups is 2. The topological polar surface area (TPSA) is 58.2 Å². The fourth-order valence-electron chi connectivity index (χ4n) is 2.72. The van der Waals surface area contributed by atoms with Crippen LogP contribution in [0.25, 0.3) is 0 Å². The molecule has 0 saturated heterocycles. The van der Waals surface area contributed by atoms with E-state index in [2.05, 4.69) is 16.7 Å². The van der Waals surface area contributed by atoms with Gasteiger partial charge >= 0.3 is 0 Å². The Morgan fingerprint density at radius 3 is 2.17 bits per heavy atom. The zero-order valence-electron chi connectivity index (χ0n) is 16.9. The molecule has 0 aromatic heterocycles. The largest absolute Gasteiger partial charge is 0.346 e. The van der Waals surface area contributed by atoms with E-state index in [9.17, 15) is 22.8 Å². The minimum Gasteiger partial charge on any atom is -0.346 e. The second-order valence-corrected chi connectivity index (χ2v) is 8.19. The van der Waals surface area contributed by atoms with Crippen molar-refractivity contribution < 1.29 is 22.8 Å². The van der Waals surface area contributed by atoms with Gasteiger partial charge < -0.3 is 10.6 Å². The number of benzene rings is 2. The minimum absolute atomic E-state index is 0.367. The molecule has 0 spiro atoms. The lowest BCUT2D eigenvalue weighted by atomic mass is 10.0. The summed E-state index contributed by atoms with van der Waals surface area (Å²) in [5.74, 6) is -5.63. The number of nitrogens with one attached hydrogen (secondary N) is 2. The number of thioether (sulfide) groups is 1. The first kappa shape index (κ1) is 22.8. The molecule has 0 aliphatic heterocycles. The Balaban J connectivity index is 1.97. The van der Waals surface area contributed by atoms with E-state index in [0.717, 1.165) is 33.2 Å². The number of hydrogen-bond donors (Lipinski definition) is 2. The molecule has 0 radical (unpaired) electrons. The van der Waals surface area contributed by atoms with Crippen LogP contribution < -0.4 is 10.6 Å². The molecule has 2 aromatic carbocycles. The highest BCUT2D eigenvalue weighted by molar-refractivity contribution is 8.00. The first-order valence-electron chi connectivity index (χ1n) is 8.98. The predicted molar refractivity (Wildman–Crippen MR) is 109 cm³/mol. The zero-order valence-corrected chi connectivity index (χ0v) is 17.7. The summed E-state index contributed by atoms with van der Waals surface area (Å²) in [6.45, 7) is 9.32. The Hall–Kier alpha value is -2.48. The molecule has 0 bridgehead atoms. The maximum atomic E-state index is 13.6. The monoisotopic (exact) mass is 424 g/mol. The van der Waals surface area contributed by atoms with Crippen LogP contribution in [0.5, 0.6) is 0 Å². The van der Waals surface area contributed by atoms with Gasteiger partial charge in [0, 0.05) is 4.90 Å². The first-order valence-corrected chi connectivity index (χ1v) is 9.86. The molecule has 0 aliphatic carbocycles. The van der Waals surface area contributed by atoms with Crippen LogP contribution in [-0.4, -0.2) is 23.6 Å². The van der Waals surface area contributed by atoms with Gasteiger partial charge in [-0.25, -0.2) is 13.2 Å². The van der Waals surface area contributed by atoms with Crippen LogP contribution in [0, 0.1) is 45.1 Å². The molecule has 156 valence electrons. The number of aryl methyl sites for hydroxylation is 2. The number of carbonyl (C=O) groups excluding carboxylic acids is 2. The number of halogens is 3. The summed E-state index contributed by atoms with van der Waals surface area (Å²) in [7, 11) is 0.